The summed E-state index contributed by atoms with van der Waals surface area (Å²) in [4.78, 5) is 20.5. The van der Waals surface area contributed by atoms with Crippen LogP contribution in [0.3, 0.4) is 0 Å². The Morgan fingerprint density at radius 2 is 2.16 bits per heavy atom. The zero-order chi connectivity index (χ0) is 21.6. The van der Waals surface area contributed by atoms with E-state index in [0.717, 1.165) is 66.1 Å². The normalized spacial score (nSPS) is 15.6. The second-order valence-corrected chi connectivity index (χ2v) is 9.17. The molecule has 0 aliphatic carbocycles. The monoisotopic (exact) mass is 441 g/mol. The Labute approximate surface area is 185 Å². The van der Waals surface area contributed by atoms with Crippen LogP contribution >= 0.6 is 11.3 Å². The maximum atomic E-state index is 11.5. The number of fused-ring (bicyclic) bond motifs is 1. The molecule has 1 aliphatic rings. The van der Waals surface area contributed by atoms with Crippen LogP contribution < -0.4 is 0 Å². The molecule has 0 radical (unpaired) electrons. The number of thiazole rings is 1. The molecule has 0 fully saturated rings. The summed E-state index contributed by atoms with van der Waals surface area (Å²) in [5.74, 6) is 0.0753. The average Bonchev–Trinajstić information content (AvgIpc) is 3.23. The number of ether oxygens (including phenoxy) is 1. The average molecular weight is 442 g/mol. The second kappa shape index (κ2) is 10.2. The molecular weight excluding hydrogens is 414 g/mol. The Morgan fingerprint density at radius 1 is 1.26 bits per heavy atom. The number of rotatable bonds is 9. The first-order chi connectivity index (χ1) is 15.1. The highest BCUT2D eigenvalue weighted by molar-refractivity contribution is 7.18. The number of nitrogens with zero attached hydrogens (tertiary/aromatic N) is 3. The summed E-state index contributed by atoms with van der Waals surface area (Å²) in [5, 5.41) is 14.5. The summed E-state index contributed by atoms with van der Waals surface area (Å²) in [7, 11) is 0. The fraction of sp³-hybridized carbons (Fsp3) is 0.478. The molecule has 0 spiro atoms. The van der Waals surface area contributed by atoms with Gasteiger partial charge in [-0.2, -0.15) is 4.98 Å². The van der Waals surface area contributed by atoms with Gasteiger partial charge in [-0.15, -0.1) is 11.3 Å². The van der Waals surface area contributed by atoms with Gasteiger partial charge in [-0.25, -0.2) is 4.98 Å². The first-order valence-corrected chi connectivity index (χ1v) is 11.5. The minimum absolute atomic E-state index is 0.00254. The van der Waals surface area contributed by atoms with E-state index in [1.165, 1.54) is 5.57 Å². The lowest BCUT2D eigenvalue weighted by Crippen LogP contribution is -2.09. The van der Waals surface area contributed by atoms with E-state index in [1.807, 2.05) is 25.1 Å². The van der Waals surface area contributed by atoms with Gasteiger partial charge in [0.1, 0.15) is 0 Å². The van der Waals surface area contributed by atoms with Gasteiger partial charge in [0.2, 0.25) is 5.89 Å². The van der Waals surface area contributed by atoms with E-state index in [9.17, 15) is 9.90 Å². The van der Waals surface area contributed by atoms with Crippen LogP contribution in [0.1, 0.15) is 60.3 Å². The standard InChI is InChI=1S/C23H27N3O4S/c1-15-24-19-12-17(7-8-20(19)31-15)18(14-23(27)28)13-22-25-21(26-30-22)6-2-4-16-5-3-10-29-11-9-16/h5,7-8,12,18H,2-4,6,9-11,13-14H2,1H3,(H,27,28). The van der Waals surface area contributed by atoms with Crippen molar-refractivity contribution in [2.24, 2.45) is 0 Å². The van der Waals surface area contributed by atoms with E-state index in [0.29, 0.717) is 18.1 Å². The molecule has 7 nitrogen and oxygen atoms in total. The lowest BCUT2D eigenvalue weighted by atomic mass is 9.92. The minimum Gasteiger partial charge on any atom is -0.481 e. The number of carboxylic acid groups (broad SMARTS) is 1. The van der Waals surface area contributed by atoms with Crippen molar-refractivity contribution in [3.8, 4) is 0 Å². The molecule has 1 N–H and O–H groups in total. The van der Waals surface area contributed by atoms with Crippen molar-refractivity contribution >= 4 is 27.5 Å². The van der Waals surface area contributed by atoms with E-state index in [4.69, 9.17) is 9.26 Å². The van der Waals surface area contributed by atoms with Crippen LogP contribution in [0.25, 0.3) is 10.2 Å². The number of carbonyl (C=O) groups is 1. The van der Waals surface area contributed by atoms with E-state index in [-0.39, 0.29) is 12.3 Å². The Morgan fingerprint density at radius 3 is 3.03 bits per heavy atom. The van der Waals surface area contributed by atoms with Crippen molar-refractivity contribution < 1.29 is 19.2 Å². The zero-order valence-electron chi connectivity index (χ0n) is 17.7. The molecule has 2 aromatic heterocycles. The summed E-state index contributed by atoms with van der Waals surface area (Å²) in [5.41, 5.74) is 3.28. The zero-order valence-corrected chi connectivity index (χ0v) is 18.5. The van der Waals surface area contributed by atoms with Crippen LogP contribution in [0.15, 0.2) is 34.4 Å². The largest absolute Gasteiger partial charge is 0.481 e. The van der Waals surface area contributed by atoms with Crippen LogP contribution in [-0.2, 0) is 22.4 Å². The van der Waals surface area contributed by atoms with E-state index in [2.05, 4.69) is 21.2 Å². The summed E-state index contributed by atoms with van der Waals surface area (Å²) in [6, 6.07) is 5.97. The van der Waals surface area contributed by atoms with Crippen LogP contribution in [0.4, 0.5) is 0 Å². The van der Waals surface area contributed by atoms with Gasteiger partial charge in [-0.05, 0) is 50.3 Å². The molecule has 4 rings (SSSR count). The van der Waals surface area contributed by atoms with Crippen LogP contribution in [0.2, 0.25) is 0 Å². The number of hydrogen-bond acceptors (Lipinski definition) is 7. The van der Waals surface area contributed by atoms with Gasteiger partial charge in [-0.1, -0.05) is 22.9 Å². The highest BCUT2D eigenvalue weighted by Gasteiger charge is 2.21. The SMILES string of the molecule is Cc1nc2cc(C(CC(=O)O)Cc3nc(CCCC4=CCCOCC4)no3)ccc2s1. The number of aromatic nitrogens is 3. The lowest BCUT2D eigenvalue weighted by Gasteiger charge is -2.13. The van der Waals surface area contributed by atoms with Crippen molar-refractivity contribution in [2.45, 2.75) is 57.8 Å². The minimum atomic E-state index is -0.847. The third-order valence-electron chi connectivity index (χ3n) is 5.50. The molecule has 0 saturated carbocycles. The number of carboxylic acids is 1. The smallest absolute Gasteiger partial charge is 0.303 e. The van der Waals surface area contributed by atoms with Gasteiger partial charge in [0.05, 0.1) is 34.9 Å². The highest BCUT2D eigenvalue weighted by Crippen LogP contribution is 2.29. The number of aryl methyl sites for hydroxylation is 2. The number of benzene rings is 1. The van der Waals surface area contributed by atoms with Crippen molar-refractivity contribution in [3.05, 3.63) is 52.1 Å². The van der Waals surface area contributed by atoms with Gasteiger partial charge in [0.15, 0.2) is 5.82 Å². The molecule has 8 heteroatoms. The van der Waals surface area contributed by atoms with Crippen molar-refractivity contribution in [1.82, 2.24) is 15.1 Å². The summed E-state index contributed by atoms with van der Waals surface area (Å²) < 4.78 is 12.0. The molecule has 0 amide bonds. The van der Waals surface area contributed by atoms with Gasteiger partial charge >= 0.3 is 5.97 Å². The fourth-order valence-corrected chi connectivity index (χ4v) is 4.78. The number of hydrogen-bond donors (Lipinski definition) is 1. The molecule has 1 aromatic carbocycles. The van der Waals surface area contributed by atoms with Gasteiger partial charge in [-0.3, -0.25) is 4.79 Å². The molecular formula is C23H27N3O4S. The Kier molecular flexibility index (Phi) is 7.09. The molecule has 31 heavy (non-hydrogen) atoms. The second-order valence-electron chi connectivity index (χ2n) is 7.93. The molecule has 1 atom stereocenters. The first-order valence-electron chi connectivity index (χ1n) is 10.7. The summed E-state index contributed by atoms with van der Waals surface area (Å²) in [6.07, 6.45) is 7.39. The van der Waals surface area contributed by atoms with Gasteiger partial charge in [0, 0.05) is 18.8 Å². The Bertz CT molecular complexity index is 1070. The predicted molar refractivity (Wildman–Crippen MR) is 118 cm³/mol. The molecule has 3 heterocycles. The maximum Gasteiger partial charge on any atom is 0.303 e. The van der Waals surface area contributed by atoms with Crippen LogP contribution in [0.5, 0.6) is 0 Å². The molecule has 0 saturated heterocycles. The molecule has 1 unspecified atom stereocenters. The van der Waals surface area contributed by atoms with E-state index < -0.39 is 5.97 Å². The molecule has 0 bridgehead atoms. The van der Waals surface area contributed by atoms with Crippen molar-refractivity contribution in [2.75, 3.05) is 13.2 Å². The molecule has 1 aliphatic heterocycles. The van der Waals surface area contributed by atoms with Crippen LogP contribution in [-0.4, -0.2) is 39.4 Å². The van der Waals surface area contributed by atoms with E-state index >= 15 is 0 Å². The Balaban J connectivity index is 1.39. The third-order valence-corrected chi connectivity index (χ3v) is 6.45. The quantitative estimate of drug-likeness (QED) is 0.474. The number of aliphatic carboxylic acids is 1. The highest BCUT2D eigenvalue weighted by atomic mass is 32.1. The summed E-state index contributed by atoms with van der Waals surface area (Å²) in [6.45, 7) is 3.58. The lowest BCUT2D eigenvalue weighted by molar-refractivity contribution is -0.137. The van der Waals surface area contributed by atoms with E-state index in [1.54, 1.807) is 11.3 Å². The summed E-state index contributed by atoms with van der Waals surface area (Å²) >= 11 is 1.63. The van der Waals surface area contributed by atoms with Gasteiger partial charge in [0.25, 0.3) is 0 Å². The first kappa shape index (κ1) is 21.6. The Hall–Kier alpha value is -2.58. The fourth-order valence-electron chi connectivity index (χ4n) is 3.97. The van der Waals surface area contributed by atoms with Crippen molar-refractivity contribution in [3.63, 3.8) is 0 Å². The topological polar surface area (TPSA) is 98.3 Å². The molecule has 3 aromatic rings. The third kappa shape index (κ3) is 5.98. The molecule has 164 valence electrons. The predicted octanol–water partition coefficient (Wildman–Crippen LogP) is 4.85. The van der Waals surface area contributed by atoms with Gasteiger partial charge < -0.3 is 14.4 Å². The maximum absolute atomic E-state index is 11.5. The van der Waals surface area contributed by atoms with Crippen molar-refractivity contribution in [1.29, 1.82) is 0 Å². The van der Waals surface area contributed by atoms with Crippen LogP contribution in [0, 0.1) is 6.92 Å².